The van der Waals surface area contributed by atoms with Gasteiger partial charge in [-0.15, -0.1) is 0 Å². The number of hydrogen-bond acceptors (Lipinski definition) is 3. The van der Waals surface area contributed by atoms with Crippen LogP contribution in [0.2, 0.25) is 0 Å². The second-order valence-electron chi connectivity index (χ2n) is 17.5. The lowest BCUT2D eigenvalue weighted by Gasteiger charge is -2.30. The number of benzene rings is 9. The maximum Gasteiger partial charge on any atom is 0.164 e. The number of aromatic nitrogens is 3. The largest absolute Gasteiger partial charge is 0.208 e. The van der Waals surface area contributed by atoms with E-state index in [0.29, 0.717) is 17.5 Å². The molecule has 0 unspecified atom stereocenters. The molecular weight excluding hydrogens is 823 g/mol. The molecule has 2 aliphatic carbocycles. The van der Waals surface area contributed by atoms with Crippen LogP contribution in [0.25, 0.3) is 89.6 Å². The maximum absolute atomic E-state index is 5.21. The molecule has 0 atom stereocenters. The summed E-state index contributed by atoms with van der Waals surface area (Å²) < 4.78 is 0. The fourth-order valence-corrected chi connectivity index (χ4v) is 10.6. The first-order valence-electron chi connectivity index (χ1n) is 23.2. The highest BCUT2D eigenvalue weighted by Gasteiger charge is 2.51. The molecule has 3 heteroatoms. The molecule has 1 spiro atoms. The van der Waals surface area contributed by atoms with Gasteiger partial charge in [0.2, 0.25) is 0 Å². The van der Waals surface area contributed by atoms with Gasteiger partial charge in [-0.3, -0.25) is 0 Å². The van der Waals surface area contributed by atoms with Crippen LogP contribution in [0, 0.1) is 0 Å². The van der Waals surface area contributed by atoms with Gasteiger partial charge >= 0.3 is 0 Å². The van der Waals surface area contributed by atoms with Crippen LogP contribution in [0.5, 0.6) is 0 Å². The fourth-order valence-electron chi connectivity index (χ4n) is 10.6. The van der Waals surface area contributed by atoms with Gasteiger partial charge in [-0.05, 0) is 126 Å². The molecule has 3 nitrogen and oxygen atoms in total. The van der Waals surface area contributed by atoms with Crippen molar-refractivity contribution in [2.24, 2.45) is 0 Å². The van der Waals surface area contributed by atoms with Crippen LogP contribution in [0.1, 0.15) is 40.6 Å². The molecule has 0 saturated carbocycles. The van der Waals surface area contributed by atoms with Gasteiger partial charge in [-0.1, -0.05) is 219 Å². The van der Waals surface area contributed by atoms with Crippen molar-refractivity contribution in [1.82, 2.24) is 15.0 Å². The van der Waals surface area contributed by atoms with Gasteiger partial charge in [0.05, 0.1) is 5.41 Å². The smallest absolute Gasteiger partial charge is 0.164 e. The summed E-state index contributed by atoms with van der Waals surface area (Å²) in [4.78, 5) is 15.6. The van der Waals surface area contributed by atoms with E-state index in [-0.39, 0.29) is 0 Å². The average Bonchev–Trinajstić information content (AvgIpc) is 3.89. The Balaban J connectivity index is 0.957. The summed E-state index contributed by atoms with van der Waals surface area (Å²) in [5, 5.41) is 0. The molecule has 1 heterocycles. The third-order valence-electron chi connectivity index (χ3n) is 13.7. The lowest BCUT2D eigenvalue weighted by atomic mass is 9.70. The molecule has 0 bridgehead atoms. The van der Waals surface area contributed by atoms with E-state index in [1.165, 1.54) is 50.1 Å². The predicted octanol–water partition coefficient (Wildman–Crippen LogP) is 16.2. The molecular formula is C65H45N3. The van der Waals surface area contributed by atoms with E-state index in [4.69, 9.17) is 15.0 Å². The molecule has 1 aromatic heterocycles. The Morgan fingerprint density at radius 2 is 0.779 bits per heavy atom. The topological polar surface area (TPSA) is 38.7 Å². The Morgan fingerprint density at radius 3 is 1.29 bits per heavy atom. The summed E-state index contributed by atoms with van der Waals surface area (Å²) in [6.45, 7) is 6.18. The van der Waals surface area contributed by atoms with Gasteiger partial charge < -0.3 is 0 Å². The van der Waals surface area contributed by atoms with E-state index in [1.807, 2.05) is 37.3 Å². The van der Waals surface area contributed by atoms with Crippen LogP contribution >= 0.6 is 0 Å². The minimum Gasteiger partial charge on any atom is -0.208 e. The number of rotatable bonds is 9. The summed E-state index contributed by atoms with van der Waals surface area (Å²) in [5.74, 6) is 1.79. The SMILES string of the molecule is C=C/C(=C\C(=C/C)c1nc(-c2cccc(-c3ccccc3)c2)nc(-c2cccc(-c3cccc(-c4ccc5c(c4)C4(c6ccccc6-c6ccccc64)c4ccccc4-5)c3)c2)n1)c1ccccc1. The second kappa shape index (κ2) is 16.9. The van der Waals surface area contributed by atoms with E-state index in [0.717, 1.165) is 55.7 Å². The summed E-state index contributed by atoms with van der Waals surface area (Å²) in [6.07, 6.45) is 6.05. The van der Waals surface area contributed by atoms with Crippen molar-refractivity contribution >= 4 is 11.1 Å². The Morgan fingerprint density at radius 1 is 0.368 bits per heavy atom. The summed E-state index contributed by atoms with van der Waals surface area (Å²) in [6, 6.07) is 80.6. The number of allylic oxidation sites excluding steroid dienone is 5. The Bertz CT molecular complexity index is 3590. The molecule has 0 aliphatic heterocycles. The normalized spacial score (nSPS) is 13.1. The molecule has 9 aromatic carbocycles. The van der Waals surface area contributed by atoms with Gasteiger partial charge in [-0.2, -0.15) is 0 Å². The molecule has 0 amide bonds. The Kier molecular flexibility index (Phi) is 10.1. The van der Waals surface area contributed by atoms with Crippen molar-refractivity contribution in [3.8, 4) is 78.4 Å². The van der Waals surface area contributed by atoms with Crippen LogP contribution in [0.3, 0.4) is 0 Å². The predicted molar refractivity (Wildman–Crippen MR) is 282 cm³/mol. The van der Waals surface area contributed by atoms with E-state index < -0.39 is 5.41 Å². The molecule has 320 valence electrons. The van der Waals surface area contributed by atoms with Crippen LogP contribution < -0.4 is 0 Å². The lowest BCUT2D eigenvalue weighted by molar-refractivity contribution is 0.794. The minimum absolute atomic E-state index is 0.399. The molecule has 0 N–H and O–H groups in total. The quantitative estimate of drug-likeness (QED) is 0.136. The molecule has 0 radical (unpaired) electrons. The lowest BCUT2D eigenvalue weighted by Crippen LogP contribution is -2.25. The van der Waals surface area contributed by atoms with E-state index >= 15 is 0 Å². The van der Waals surface area contributed by atoms with Gasteiger partial charge in [0.25, 0.3) is 0 Å². The summed E-state index contributed by atoms with van der Waals surface area (Å²) in [7, 11) is 0. The van der Waals surface area contributed by atoms with Crippen LogP contribution in [-0.4, -0.2) is 15.0 Å². The number of nitrogens with zero attached hydrogens (tertiary/aromatic N) is 3. The van der Waals surface area contributed by atoms with Crippen LogP contribution in [0.4, 0.5) is 0 Å². The maximum atomic E-state index is 5.21. The van der Waals surface area contributed by atoms with E-state index in [1.54, 1.807) is 0 Å². The Hall–Kier alpha value is -8.79. The highest BCUT2D eigenvalue weighted by atomic mass is 15.0. The van der Waals surface area contributed by atoms with Crippen molar-refractivity contribution in [1.29, 1.82) is 0 Å². The third kappa shape index (κ3) is 6.79. The van der Waals surface area contributed by atoms with Crippen molar-refractivity contribution in [3.63, 3.8) is 0 Å². The first-order valence-corrected chi connectivity index (χ1v) is 23.2. The molecule has 68 heavy (non-hydrogen) atoms. The van der Waals surface area contributed by atoms with Crippen molar-refractivity contribution in [2.75, 3.05) is 0 Å². The second-order valence-corrected chi connectivity index (χ2v) is 17.5. The summed E-state index contributed by atoms with van der Waals surface area (Å²) >= 11 is 0. The van der Waals surface area contributed by atoms with E-state index in [2.05, 4.69) is 219 Å². The monoisotopic (exact) mass is 867 g/mol. The van der Waals surface area contributed by atoms with Crippen LogP contribution in [0.15, 0.2) is 249 Å². The van der Waals surface area contributed by atoms with Crippen molar-refractivity contribution < 1.29 is 0 Å². The van der Waals surface area contributed by atoms with Gasteiger partial charge in [-0.25, -0.2) is 15.0 Å². The van der Waals surface area contributed by atoms with Crippen LogP contribution in [-0.2, 0) is 5.41 Å². The minimum atomic E-state index is -0.399. The molecule has 2 aliphatic rings. The number of hydrogen-bond donors (Lipinski definition) is 0. The molecule has 10 aromatic rings. The molecule has 0 saturated heterocycles. The highest BCUT2D eigenvalue weighted by molar-refractivity contribution is 5.96. The fraction of sp³-hybridized carbons (Fsp3) is 0.0308. The Labute approximate surface area is 397 Å². The van der Waals surface area contributed by atoms with E-state index in [9.17, 15) is 0 Å². The zero-order valence-corrected chi connectivity index (χ0v) is 37.6. The zero-order chi connectivity index (χ0) is 45.6. The van der Waals surface area contributed by atoms with Gasteiger partial charge in [0, 0.05) is 16.7 Å². The van der Waals surface area contributed by atoms with Crippen molar-refractivity contribution in [3.05, 3.63) is 283 Å². The zero-order valence-electron chi connectivity index (χ0n) is 37.6. The number of fused-ring (bicyclic) bond motifs is 10. The van der Waals surface area contributed by atoms with Gasteiger partial charge in [0.15, 0.2) is 17.5 Å². The highest BCUT2D eigenvalue weighted by Crippen LogP contribution is 2.63. The summed E-state index contributed by atoms with van der Waals surface area (Å²) in [5.41, 5.74) is 21.7. The molecule has 12 rings (SSSR count). The van der Waals surface area contributed by atoms with Gasteiger partial charge in [0.1, 0.15) is 0 Å². The third-order valence-corrected chi connectivity index (χ3v) is 13.7. The van der Waals surface area contributed by atoms with Crippen molar-refractivity contribution in [2.45, 2.75) is 12.3 Å². The first kappa shape index (κ1) is 40.7. The average molecular weight is 868 g/mol. The first-order chi connectivity index (χ1) is 33.6. The molecule has 0 fully saturated rings. The standard InChI is InChI=1S/C65H45N3/c1-3-43(45-20-7-5-8-21-45)38-44(4-2)62-66-63(52-28-18-24-47(40-52)46-22-9-6-10-23-46)68-64(67-62)53-29-19-27-50(41-53)48-25-17-26-49(39-48)51-36-37-57-56-32-13-16-35-60(56)65(61(57)42-51)58-33-14-11-30-54(58)55-31-12-15-34-59(55)65/h3-42H,1H2,2H3/b43-38+,44-4+.